The summed E-state index contributed by atoms with van der Waals surface area (Å²) in [6, 6.07) is 1.76. The minimum absolute atomic E-state index is 0.0638. The van der Waals surface area contributed by atoms with Crippen LogP contribution in [0.4, 0.5) is 4.79 Å². The fraction of sp³-hybridized carbons (Fsp3) is 0.400. The molecule has 5 nitrogen and oxygen atoms in total. The number of aryl methyl sites for hydroxylation is 1. The van der Waals surface area contributed by atoms with Gasteiger partial charge in [0, 0.05) is 16.2 Å². The van der Waals surface area contributed by atoms with Gasteiger partial charge in [0.15, 0.2) is 0 Å². The van der Waals surface area contributed by atoms with Crippen LogP contribution in [-0.4, -0.2) is 23.3 Å². The van der Waals surface area contributed by atoms with Crippen molar-refractivity contribution in [3.63, 3.8) is 0 Å². The summed E-state index contributed by atoms with van der Waals surface area (Å²) in [5.41, 5.74) is 0.595. The highest BCUT2D eigenvalue weighted by Gasteiger charge is 2.23. The molecule has 2 heterocycles. The number of rotatable bonds is 2. The predicted molar refractivity (Wildman–Crippen MR) is 61.4 cm³/mol. The molecule has 1 fully saturated rings. The van der Waals surface area contributed by atoms with E-state index in [0.29, 0.717) is 18.7 Å². The maximum Gasteiger partial charge on any atom is 0.407 e. The lowest BCUT2D eigenvalue weighted by Crippen LogP contribution is -2.29. The molecule has 1 N–H and O–H groups in total. The van der Waals surface area contributed by atoms with E-state index in [1.165, 1.54) is 0 Å². The molecule has 0 radical (unpaired) electrons. The average molecular weight is 287 g/mol. The molecule has 1 aliphatic heterocycles. The van der Waals surface area contributed by atoms with Crippen LogP contribution in [0.1, 0.15) is 5.56 Å². The van der Waals surface area contributed by atoms with Crippen LogP contribution in [0.3, 0.4) is 0 Å². The molecule has 1 aliphatic rings. The van der Waals surface area contributed by atoms with E-state index in [-0.39, 0.29) is 11.7 Å². The number of pyridine rings is 1. The molecule has 6 heteroatoms. The van der Waals surface area contributed by atoms with E-state index in [1.54, 1.807) is 23.8 Å². The molecule has 1 atom stereocenters. The molecular weight excluding hydrogens is 276 g/mol. The highest BCUT2D eigenvalue weighted by molar-refractivity contribution is 9.10. The Labute approximate surface area is 101 Å². The number of hydrogen-bond acceptors (Lipinski definition) is 3. The van der Waals surface area contributed by atoms with Gasteiger partial charge in [0.1, 0.15) is 6.10 Å². The smallest absolute Gasteiger partial charge is 0.407 e. The third-order valence-electron chi connectivity index (χ3n) is 2.38. The molecule has 1 amide bonds. The molecule has 0 aliphatic carbocycles. The average Bonchev–Trinajstić information content (AvgIpc) is 2.60. The Hall–Kier alpha value is -1.30. The fourth-order valence-electron chi connectivity index (χ4n) is 1.63. The minimum atomic E-state index is -0.426. The van der Waals surface area contributed by atoms with Crippen molar-refractivity contribution < 1.29 is 9.53 Å². The first kappa shape index (κ1) is 11.2. The second-order valence-electron chi connectivity index (χ2n) is 3.71. The Morgan fingerprint density at radius 3 is 3.00 bits per heavy atom. The summed E-state index contributed by atoms with van der Waals surface area (Å²) in [5, 5.41) is 2.55. The van der Waals surface area contributed by atoms with Crippen LogP contribution < -0.4 is 10.9 Å². The Kier molecular flexibility index (Phi) is 3.00. The van der Waals surface area contributed by atoms with Crippen LogP contribution in [0.25, 0.3) is 0 Å². The number of hydrogen-bond donors (Lipinski definition) is 1. The molecule has 0 saturated carbocycles. The molecule has 1 aromatic rings. The monoisotopic (exact) mass is 286 g/mol. The lowest BCUT2D eigenvalue weighted by atomic mass is 10.3. The maximum absolute atomic E-state index is 11.8. The van der Waals surface area contributed by atoms with Gasteiger partial charge >= 0.3 is 6.09 Å². The Balaban J connectivity index is 2.21. The van der Waals surface area contributed by atoms with Gasteiger partial charge in [-0.2, -0.15) is 0 Å². The standard InChI is InChI=1S/C10H11BrN2O3/c1-6-2-7(11)4-13(9(6)14)5-8-3-12-10(15)16-8/h2,4,8H,3,5H2,1H3,(H,12,15). The first-order chi connectivity index (χ1) is 7.56. The van der Waals surface area contributed by atoms with Crippen molar-refractivity contribution in [2.45, 2.75) is 19.6 Å². The number of carbonyl (C=O) groups excluding carboxylic acids is 1. The van der Waals surface area contributed by atoms with Crippen LogP contribution in [0.2, 0.25) is 0 Å². The number of nitrogens with one attached hydrogen (secondary N) is 1. The van der Waals surface area contributed by atoms with Crippen molar-refractivity contribution in [3.8, 4) is 0 Å². The molecule has 0 spiro atoms. The van der Waals surface area contributed by atoms with E-state index in [9.17, 15) is 9.59 Å². The van der Waals surface area contributed by atoms with Crippen molar-refractivity contribution >= 4 is 22.0 Å². The number of aromatic nitrogens is 1. The lowest BCUT2D eigenvalue weighted by Gasteiger charge is -2.11. The Morgan fingerprint density at radius 1 is 1.62 bits per heavy atom. The van der Waals surface area contributed by atoms with Crippen molar-refractivity contribution in [2.75, 3.05) is 6.54 Å². The van der Waals surface area contributed by atoms with Gasteiger partial charge in [0.25, 0.3) is 5.56 Å². The molecule has 0 bridgehead atoms. The van der Waals surface area contributed by atoms with Crippen molar-refractivity contribution in [1.82, 2.24) is 9.88 Å². The normalized spacial score (nSPS) is 19.4. The first-order valence-electron chi connectivity index (χ1n) is 4.87. The number of ether oxygens (including phenoxy) is 1. The number of alkyl carbamates (subject to hydrolysis) is 1. The molecular formula is C10H11BrN2O3. The van der Waals surface area contributed by atoms with Crippen LogP contribution in [0, 0.1) is 6.92 Å². The maximum atomic E-state index is 11.8. The molecule has 2 rings (SSSR count). The van der Waals surface area contributed by atoms with Gasteiger partial charge in [-0.3, -0.25) is 4.79 Å². The number of cyclic esters (lactones) is 1. The van der Waals surface area contributed by atoms with Crippen LogP contribution in [-0.2, 0) is 11.3 Å². The van der Waals surface area contributed by atoms with Gasteiger partial charge in [0.2, 0.25) is 0 Å². The third-order valence-corrected chi connectivity index (χ3v) is 2.81. The van der Waals surface area contributed by atoms with Crippen LogP contribution in [0.15, 0.2) is 21.5 Å². The fourth-order valence-corrected chi connectivity index (χ4v) is 2.22. The van der Waals surface area contributed by atoms with E-state index in [4.69, 9.17) is 4.74 Å². The van der Waals surface area contributed by atoms with Crippen LogP contribution in [0.5, 0.6) is 0 Å². The SMILES string of the molecule is Cc1cc(Br)cn(CC2CNC(=O)O2)c1=O. The summed E-state index contributed by atoms with van der Waals surface area (Å²) in [7, 11) is 0. The largest absolute Gasteiger partial charge is 0.442 e. The summed E-state index contributed by atoms with van der Waals surface area (Å²) in [6.45, 7) is 2.57. The first-order valence-corrected chi connectivity index (χ1v) is 5.66. The quantitative estimate of drug-likeness (QED) is 0.883. The van der Waals surface area contributed by atoms with E-state index in [2.05, 4.69) is 21.2 Å². The summed E-state index contributed by atoms with van der Waals surface area (Å²) in [6.07, 6.45) is 0.991. The highest BCUT2D eigenvalue weighted by atomic mass is 79.9. The topological polar surface area (TPSA) is 60.3 Å². The van der Waals surface area contributed by atoms with Crippen LogP contribution >= 0.6 is 15.9 Å². The zero-order valence-electron chi connectivity index (χ0n) is 8.70. The lowest BCUT2D eigenvalue weighted by molar-refractivity contribution is 0.130. The van der Waals surface area contributed by atoms with Crippen molar-refractivity contribution in [3.05, 3.63) is 32.7 Å². The second-order valence-corrected chi connectivity index (χ2v) is 4.62. The van der Waals surface area contributed by atoms with Gasteiger partial charge in [0.05, 0.1) is 13.1 Å². The van der Waals surface area contributed by atoms with E-state index in [1.807, 2.05) is 0 Å². The molecule has 1 unspecified atom stereocenters. The van der Waals surface area contributed by atoms with E-state index < -0.39 is 6.09 Å². The molecule has 86 valence electrons. The second kappa shape index (κ2) is 4.29. The van der Waals surface area contributed by atoms with Gasteiger partial charge in [-0.25, -0.2) is 4.79 Å². The van der Waals surface area contributed by atoms with E-state index in [0.717, 1.165) is 4.47 Å². The molecule has 16 heavy (non-hydrogen) atoms. The van der Waals surface area contributed by atoms with Crippen molar-refractivity contribution in [1.29, 1.82) is 0 Å². The number of carbonyl (C=O) groups is 1. The van der Waals surface area contributed by atoms with Gasteiger partial charge in [-0.05, 0) is 28.9 Å². The number of amides is 1. The Morgan fingerprint density at radius 2 is 2.38 bits per heavy atom. The zero-order valence-corrected chi connectivity index (χ0v) is 10.3. The predicted octanol–water partition coefficient (Wildman–Crippen LogP) is 1.03. The van der Waals surface area contributed by atoms with E-state index >= 15 is 0 Å². The third kappa shape index (κ3) is 2.27. The zero-order chi connectivity index (χ0) is 11.7. The number of halogens is 1. The van der Waals surface area contributed by atoms with Crippen molar-refractivity contribution in [2.24, 2.45) is 0 Å². The van der Waals surface area contributed by atoms with Gasteiger partial charge in [-0.1, -0.05) is 0 Å². The number of nitrogens with zero attached hydrogens (tertiary/aromatic N) is 1. The molecule has 1 aromatic heterocycles. The van der Waals surface area contributed by atoms with Gasteiger partial charge < -0.3 is 14.6 Å². The highest BCUT2D eigenvalue weighted by Crippen LogP contribution is 2.10. The summed E-state index contributed by atoms with van der Waals surface area (Å²) in [4.78, 5) is 22.6. The summed E-state index contributed by atoms with van der Waals surface area (Å²) < 4.78 is 7.36. The van der Waals surface area contributed by atoms with Gasteiger partial charge in [-0.15, -0.1) is 0 Å². The summed E-state index contributed by atoms with van der Waals surface area (Å²) in [5.74, 6) is 0. The minimum Gasteiger partial charge on any atom is -0.442 e. The Bertz CT molecular complexity index is 483. The molecule has 0 aromatic carbocycles. The summed E-state index contributed by atoms with van der Waals surface area (Å²) >= 11 is 3.33. The molecule has 1 saturated heterocycles.